The van der Waals surface area contributed by atoms with Gasteiger partial charge in [-0.2, -0.15) is 0 Å². The number of aromatic amines is 1. The normalized spacial score (nSPS) is 14.2. The number of imidazole rings is 1. The van der Waals surface area contributed by atoms with E-state index >= 15 is 0 Å². The first kappa shape index (κ1) is 24.4. The number of fused-ring (bicyclic) bond motifs is 1. The summed E-state index contributed by atoms with van der Waals surface area (Å²) in [6.45, 7) is 5.11. The third kappa shape index (κ3) is 6.64. The SMILES string of the molecule is CC(C)OC(=O)[C@H](C)N[P@@](=O)(COCCc1cnc2c(=O)[nH]c(N)nn12)Oc1ccccc1. The van der Waals surface area contributed by atoms with Crippen LogP contribution < -0.4 is 20.9 Å². The molecule has 0 bridgehead atoms. The molecule has 1 aromatic carbocycles. The van der Waals surface area contributed by atoms with E-state index in [1.165, 1.54) is 17.6 Å². The fourth-order valence-corrected chi connectivity index (χ4v) is 4.62. The van der Waals surface area contributed by atoms with Crippen molar-refractivity contribution in [1.29, 1.82) is 0 Å². The molecule has 2 heterocycles. The van der Waals surface area contributed by atoms with Gasteiger partial charge in [0.25, 0.3) is 5.56 Å². The fourth-order valence-electron chi connectivity index (χ4n) is 2.91. The van der Waals surface area contributed by atoms with Crippen LogP contribution in [0, 0.1) is 0 Å². The van der Waals surface area contributed by atoms with Gasteiger partial charge in [0.1, 0.15) is 18.1 Å². The van der Waals surface area contributed by atoms with E-state index in [0.29, 0.717) is 17.9 Å². The molecule has 3 aromatic rings. The highest BCUT2D eigenvalue weighted by Gasteiger charge is 2.31. The Kier molecular flexibility index (Phi) is 7.85. The average Bonchev–Trinajstić information content (AvgIpc) is 3.14. The molecule has 0 amide bonds. The van der Waals surface area contributed by atoms with Crippen LogP contribution in [0.2, 0.25) is 0 Å². The number of benzene rings is 1. The summed E-state index contributed by atoms with van der Waals surface area (Å²) in [7, 11) is -3.65. The number of ether oxygens (including phenoxy) is 2. The molecule has 0 unspecified atom stereocenters. The maximum atomic E-state index is 13.5. The summed E-state index contributed by atoms with van der Waals surface area (Å²) in [6, 6.07) is 7.69. The molecular formula is C20H27N6O6P. The lowest BCUT2D eigenvalue weighted by Crippen LogP contribution is -2.36. The highest BCUT2D eigenvalue weighted by molar-refractivity contribution is 7.57. The van der Waals surface area contributed by atoms with E-state index in [1.807, 2.05) is 0 Å². The molecule has 12 nitrogen and oxygen atoms in total. The summed E-state index contributed by atoms with van der Waals surface area (Å²) in [5.74, 6) is -0.233. The van der Waals surface area contributed by atoms with Crippen molar-refractivity contribution in [2.45, 2.75) is 39.3 Å². The molecule has 0 spiro atoms. The maximum absolute atomic E-state index is 13.5. The number of nitrogen functional groups attached to an aromatic ring is 1. The number of rotatable bonds is 11. The number of H-pyrrole nitrogens is 1. The Morgan fingerprint density at radius 3 is 2.70 bits per heavy atom. The van der Waals surface area contributed by atoms with E-state index in [2.05, 4.69) is 20.2 Å². The molecule has 2 atom stereocenters. The summed E-state index contributed by atoms with van der Waals surface area (Å²) in [4.78, 5) is 30.5. The van der Waals surface area contributed by atoms with E-state index in [1.54, 1.807) is 44.2 Å². The first-order valence-corrected chi connectivity index (χ1v) is 12.1. The number of nitrogens with zero attached hydrogens (tertiary/aromatic N) is 3. The number of para-hydroxylation sites is 1. The first-order chi connectivity index (χ1) is 15.7. The van der Waals surface area contributed by atoms with Crippen molar-refractivity contribution in [3.8, 4) is 5.75 Å². The number of esters is 1. The first-order valence-electron chi connectivity index (χ1n) is 10.3. The van der Waals surface area contributed by atoms with Crippen LogP contribution in [-0.2, 0) is 25.3 Å². The van der Waals surface area contributed by atoms with Crippen molar-refractivity contribution in [2.75, 3.05) is 18.7 Å². The van der Waals surface area contributed by atoms with E-state index < -0.39 is 25.1 Å². The van der Waals surface area contributed by atoms with Crippen LogP contribution in [0.4, 0.5) is 5.95 Å². The summed E-state index contributed by atoms with van der Waals surface area (Å²) >= 11 is 0. The zero-order valence-corrected chi connectivity index (χ0v) is 19.5. The lowest BCUT2D eigenvalue weighted by atomic mass is 10.3. The molecule has 33 heavy (non-hydrogen) atoms. The molecule has 13 heteroatoms. The molecule has 0 saturated heterocycles. The van der Waals surface area contributed by atoms with Crippen molar-refractivity contribution in [2.24, 2.45) is 0 Å². The zero-order chi connectivity index (χ0) is 24.0. The fraction of sp³-hybridized carbons (Fsp3) is 0.400. The van der Waals surface area contributed by atoms with Gasteiger partial charge in [-0.1, -0.05) is 18.2 Å². The largest absolute Gasteiger partial charge is 0.462 e. The number of carbonyl (C=O) groups is 1. The molecule has 0 radical (unpaired) electrons. The van der Waals surface area contributed by atoms with Gasteiger partial charge in [-0.25, -0.2) is 14.6 Å². The number of nitrogens with one attached hydrogen (secondary N) is 2. The minimum atomic E-state index is -3.65. The minimum absolute atomic E-state index is 0.0418. The molecule has 0 aliphatic carbocycles. The Morgan fingerprint density at radius 2 is 2.00 bits per heavy atom. The molecule has 4 N–H and O–H groups in total. The van der Waals surface area contributed by atoms with E-state index in [4.69, 9.17) is 19.7 Å². The smallest absolute Gasteiger partial charge is 0.342 e. The summed E-state index contributed by atoms with van der Waals surface area (Å²) in [6.07, 6.45) is 1.18. The van der Waals surface area contributed by atoms with Crippen LogP contribution in [0.15, 0.2) is 41.3 Å². The van der Waals surface area contributed by atoms with Crippen molar-refractivity contribution < 1.29 is 23.4 Å². The lowest BCUT2D eigenvalue weighted by Gasteiger charge is -2.24. The third-order valence-corrected chi connectivity index (χ3v) is 6.13. The van der Waals surface area contributed by atoms with Crippen molar-refractivity contribution in [3.05, 3.63) is 52.6 Å². The number of nitrogens with two attached hydrogens (primary N) is 1. The predicted molar refractivity (Wildman–Crippen MR) is 121 cm³/mol. The third-order valence-electron chi connectivity index (χ3n) is 4.32. The Morgan fingerprint density at radius 1 is 1.27 bits per heavy atom. The molecule has 0 saturated carbocycles. The second-order valence-electron chi connectivity index (χ2n) is 7.53. The second kappa shape index (κ2) is 10.6. The predicted octanol–water partition coefficient (Wildman–Crippen LogP) is 1.72. The number of aromatic nitrogens is 4. The zero-order valence-electron chi connectivity index (χ0n) is 18.6. The maximum Gasteiger partial charge on any atom is 0.342 e. The molecule has 2 aromatic heterocycles. The highest BCUT2D eigenvalue weighted by atomic mass is 31.2. The van der Waals surface area contributed by atoms with E-state index in [-0.39, 0.29) is 30.7 Å². The van der Waals surface area contributed by atoms with Crippen LogP contribution in [0.25, 0.3) is 5.65 Å². The van der Waals surface area contributed by atoms with Gasteiger partial charge in [-0.05, 0) is 32.9 Å². The standard InChI is InChI=1S/C20H27N6O6P/c1-13(2)31-19(28)14(3)25-33(29,32-16-7-5-4-6-8-16)12-30-10-9-15-11-22-17-18(27)23-20(21)24-26(15)17/h4-8,11,13-14H,9-10,12H2,1-3H3,(H,25,29)(H3,21,23,24,27)/t14-,33+/m0/s1. The number of anilines is 1. The summed E-state index contributed by atoms with van der Waals surface area (Å²) in [5, 5.41) is 6.77. The van der Waals surface area contributed by atoms with Crippen molar-refractivity contribution >= 4 is 25.1 Å². The van der Waals surface area contributed by atoms with Gasteiger partial charge in [-0.3, -0.25) is 19.1 Å². The number of hydrogen-bond acceptors (Lipinski definition) is 9. The van der Waals surface area contributed by atoms with E-state index in [0.717, 1.165) is 0 Å². The lowest BCUT2D eigenvalue weighted by molar-refractivity contribution is -0.149. The highest BCUT2D eigenvalue weighted by Crippen LogP contribution is 2.43. The monoisotopic (exact) mass is 478 g/mol. The topological polar surface area (TPSA) is 163 Å². The Balaban J connectivity index is 1.66. The Bertz CT molecular complexity index is 1190. The van der Waals surface area contributed by atoms with Crippen molar-refractivity contribution in [1.82, 2.24) is 24.7 Å². The van der Waals surface area contributed by atoms with E-state index in [9.17, 15) is 14.2 Å². The van der Waals surface area contributed by atoms with Gasteiger partial charge in [0.2, 0.25) is 11.6 Å². The van der Waals surface area contributed by atoms with Crippen molar-refractivity contribution in [3.63, 3.8) is 0 Å². The quantitative estimate of drug-likeness (QED) is 0.210. The van der Waals surface area contributed by atoms with Gasteiger partial charge >= 0.3 is 13.5 Å². The average molecular weight is 478 g/mol. The Labute approximate surface area is 190 Å². The van der Waals surface area contributed by atoms with Gasteiger partial charge < -0.3 is 19.7 Å². The van der Waals surface area contributed by atoms with Crippen LogP contribution >= 0.6 is 7.52 Å². The van der Waals surface area contributed by atoms with Crippen LogP contribution in [-0.4, -0.2) is 50.7 Å². The number of hydrogen-bond donors (Lipinski definition) is 3. The number of carbonyl (C=O) groups excluding carboxylic acids is 1. The van der Waals surface area contributed by atoms with Gasteiger partial charge in [0, 0.05) is 6.42 Å². The Hall–Kier alpha value is -3.21. The minimum Gasteiger partial charge on any atom is -0.462 e. The molecular weight excluding hydrogens is 451 g/mol. The van der Waals surface area contributed by atoms with Crippen LogP contribution in [0.5, 0.6) is 5.75 Å². The van der Waals surface area contributed by atoms with Crippen LogP contribution in [0.1, 0.15) is 26.5 Å². The molecule has 0 fully saturated rings. The van der Waals surface area contributed by atoms with Gasteiger partial charge in [-0.15, -0.1) is 5.10 Å². The van der Waals surface area contributed by atoms with Crippen LogP contribution in [0.3, 0.4) is 0 Å². The van der Waals surface area contributed by atoms with Gasteiger partial charge in [0.15, 0.2) is 0 Å². The molecule has 0 aliphatic heterocycles. The molecule has 0 aliphatic rings. The molecule has 3 rings (SSSR count). The summed E-state index contributed by atoms with van der Waals surface area (Å²) in [5.41, 5.74) is 5.83. The molecule has 178 valence electrons. The summed E-state index contributed by atoms with van der Waals surface area (Å²) < 4.78 is 31.3. The van der Waals surface area contributed by atoms with Gasteiger partial charge in [0.05, 0.1) is 24.6 Å². The second-order valence-corrected chi connectivity index (χ2v) is 9.57.